The van der Waals surface area contributed by atoms with E-state index in [0.717, 1.165) is 24.9 Å². The summed E-state index contributed by atoms with van der Waals surface area (Å²) in [6, 6.07) is 16.1. The summed E-state index contributed by atoms with van der Waals surface area (Å²) in [5.74, 6) is 0.464. The molecule has 0 radical (unpaired) electrons. The molecule has 3 atom stereocenters. The summed E-state index contributed by atoms with van der Waals surface area (Å²) in [5, 5.41) is 10.1. The Balaban J connectivity index is 1.69. The van der Waals surface area contributed by atoms with Crippen LogP contribution in [0.15, 0.2) is 48.5 Å². The van der Waals surface area contributed by atoms with Crippen LogP contribution in [0.4, 0.5) is 0 Å². The van der Waals surface area contributed by atoms with Gasteiger partial charge in [0.05, 0.1) is 12.5 Å². The first kappa shape index (κ1) is 18.1. The van der Waals surface area contributed by atoms with Crippen molar-refractivity contribution in [3.05, 3.63) is 65.2 Å². The Morgan fingerprint density at radius 2 is 2.00 bits per heavy atom. The second-order valence-electron chi connectivity index (χ2n) is 8.37. The van der Waals surface area contributed by atoms with Gasteiger partial charge in [-0.3, -0.25) is 4.79 Å². The highest BCUT2D eigenvalue weighted by atomic mass is 16.3. The Morgan fingerprint density at radius 3 is 2.74 bits per heavy atom. The monoisotopic (exact) mass is 364 g/mol. The van der Waals surface area contributed by atoms with E-state index < -0.39 is 0 Å². The Morgan fingerprint density at radius 1 is 1.26 bits per heavy atom. The highest BCUT2D eigenvalue weighted by Gasteiger charge is 2.52. The summed E-state index contributed by atoms with van der Waals surface area (Å²) in [6.45, 7) is 3.27. The minimum absolute atomic E-state index is 0.0989. The number of hydrogen-bond donors (Lipinski definition) is 1. The van der Waals surface area contributed by atoms with Gasteiger partial charge in [-0.15, -0.1) is 0 Å². The number of nitrogens with zero attached hydrogens (tertiary/aromatic N) is 2. The molecule has 1 fully saturated rings. The van der Waals surface area contributed by atoms with Crippen molar-refractivity contribution < 1.29 is 9.90 Å². The fourth-order valence-corrected chi connectivity index (χ4v) is 5.18. The first-order chi connectivity index (χ1) is 12.9. The van der Waals surface area contributed by atoms with Gasteiger partial charge in [0.15, 0.2) is 0 Å². The Bertz CT molecular complexity index is 851. The third-order valence-corrected chi connectivity index (χ3v) is 6.71. The van der Waals surface area contributed by atoms with Gasteiger partial charge < -0.3 is 14.9 Å². The number of rotatable bonds is 3. The van der Waals surface area contributed by atoms with Crippen molar-refractivity contribution in [3.63, 3.8) is 0 Å². The van der Waals surface area contributed by atoms with Crippen LogP contribution in [-0.2, 0) is 23.1 Å². The molecule has 0 aromatic heterocycles. The molecule has 142 valence electrons. The maximum absolute atomic E-state index is 13.1. The number of likely N-dealkylation sites (N-methyl/N-ethyl adjacent to an activating group) is 2. The largest absolute Gasteiger partial charge is 0.508 e. The van der Waals surface area contributed by atoms with Gasteiger partial charge >= 0.3 is 0 Å². The lowest BCUT2D eigenvalue weighted by molar-refractivity contribution is -0.136. The Labute approximate surface area is 161 Å². The second-order valence-corrected chi connectivity index (χ2v) is 8.37. The van der Waals surface area contributed by atoms with E-state index in [1.165, 1.54) is 11.1 Å². The molecular formula is C23H28N2O2. The number of hydrogen-bond acceptors (Lipinski definition) is 3. The summed E-state index contributed by atoms with van der Waals surface area (Å²) >= 11 is 0. The maximum atomic E-state index is 13.1. The van der Waals surface area contributed by atoms with Gasteiger partial charge in [0.2, 0.25) is 5.91 Å². The van der Waals surface area contributed by atoms with Crippen LogP contribution in [0.25, 0.3) is 0 Å². The first-order valence-electron chi connectivity index (χ1n) is 9.72. The molecule has 1 saturated heterocycles. The van der Waals surface area contributed by atoms with E-state index in [4.69, 9.17) is 0 Å². The number of amides is 1. The topological polar surface area (TPSA) is 43.8 Å². The van der Waals surface area contributed by atoms with Crippen molar-refractivity contribution in [2.45, 2.75) is 43.7 Å². The van der Waals surface area contributed by atoms with E-state index >= 15 is 0 Å². The third-order valence-electron chi connectivity index (χ3n) is 6.71. The van der Waals surface area contributed by atoms with E-state index in [-0.39, 0.29) is 17.4 Å². The average molecular weight is 364 g/mol. The summed E-state index contributed by atoms with van der Waals surface area (Å²) in [4.78, 5) is 17.5. The van der Waals surface area contributed by atoms with Gasteiger partial charge in [-0.2, -0.15) is 0 Å². The van der Waals surface area contributed by atoms with Gasteiger partial charge in [0, 0.05) is 18.5 Å². The van der Waals surface area contributed by atoms with Crippen LogP contribution >= 0.6 is 0 Å². The van der Waals surface area contributed by atoms with E-state index in [1.54, 1.807) is 6.07 Å². The third kappa shape index (κ3) is 3.02. The van der Waals surface area contributed by atoms with Crippen LogP contribution < -0.4 is 0 Å². The first-order valence-corrected chi connectivity index (χ1v) is 9.72. The zero-order chi connectivity index (χ0) is 19.2. The molecule has 2 aliphatic rings. The quantitative estimate of drug-likeness (QED) is 0.911. The fraction of sp³-hybridized carbons (Fsp3) is 0.435. The van der Waals surface area contributed by atoms with Gasteiger partial charge in [-0.05, 0) is 55.3 Å². The van der Waals surface area contributed by atoms with E-state index in [0.29, 0.717) is 18.2 Å². The van der Waals surface area contributed by atoms with Crippen LogP contribution in [0.2, 0.25) is 0 Å². The maximum Gasteiger partial charge on any atom is 0.227 e. The minimum atomic E-state index is -0.148. The molecule has 4 nitrogen and oxygen atoms in total. The molecule has 1 amide bonds. The number of phenolic OH excluding ortho intramolecular Hbond substituents is 1. The molecule has 1 aliphatic heterocycles. The van der Waals surface area contributed by atoms with Crippen LogP contribution in [0, 0.1) is 0 Å². The molecule has 2 aromatic rings. The SMILES string of the molecule is CN1CC[C@@]2(C)c3cc(O)ccc3C[C@@H]1[C@H]2N(C)C(=O)Cc1ccccc1. The molecule has 4 heteroatoms. The molecule has 2 aromatic carbocycles. The predicted molar refractivity (Wildman–Crippen MR) is 107 cm³/mol. The molecule has 1 heterocycles. The zero-order valence-electron chi connectivity index (χ0n) is 16.4. The summed E-state index contributed by atoms with van der Waals surface area (Å²) in [7, 11) is 4.12. The number of likely N-dealkylation sites (tertiary alicyclic amines) is 1. The highest BCUT2D eigenvalue weighted by molar-refractivity contribution is 5.79. The zero-order valence-corrected chi connectivity index (χ0v) is 16.4. The second kappa shape index (κ2) is 6.68. The van der Waals surface area contributed by atoms with E-state index in [9.17, 15) is 9.90 Å². The number of fused-ring (bicyclic) bond motifs is 4. The molecule has 0 saturated carbocycles. The van der Waals surface area contributed by atoms with Crippen LogP contribution in [0.3, 0.4) is 0 Å². The molecule has 27 heavy (non-hydrogen) atoms. The van der Waals surface area contributed by atoms with Crippen molar-refractivity contribution in [2.24, 2.45) is 0 Å². The van der Waals surface area contributed by atoms with Crippen LogP contribution in [-0.4, -0.2) is 53.5 Å². The van der Waals surface area contributed by atoms with Gasteiger partial charge in [-0.25, -0.2) is 0 Å². The summed E-state index contributed by atoms with van der Waals surface area (Å²) in [6.07, 6.45) is 2.31. The van der Waals surface area contributed by atoms with Crippen molar-refractivity contribution in [2.75, 3.05) is 20.6 Å². The molecule has 0 unspecified atom stereocenters. The molecule has 2 bridgehead atoms. The fourth-order valence-electron chi connectivity index (χ4n) is 5.18. The molecule has 1 N–H and O–H groups in total. The number of piperidine rings is 1. The van der Waals surface area contributed by atoms with Crippen LogP contribution in [0.1, 0.15) is 30.0 Å². The summed E-state index contributed by atoms with van der Waals surface area (Å²) < 4.78 is 0. The predicted octanol–water partition coefficient (Wildman–Crippen LogP) is 2.98. The van der Waals surface area contributed by atoms with E-state index in [2.05, 4.69) is 24.9 Å². The summed E-state index contributed by atoms with van der Waals surface area (Å²) in [5.41, 5.74) is 3.40. The number of carbonyl (C=O) groups is 1. The van der Waals surface area contributed by atoms with Gasteiger partial charge in [0.1, 0.15) is 5.75 Å². The highest BCUT2D eigenvalue weighted by Crippen LogP contribution is 2.47. The minimum Gasteiger partial charge on any atom is -0.508 e. The number of phenols is 1. The average Bonchev–Trinajstić information content (AvgIpc) is 2.66. The number of aromatic hydroxyl groups is 1. The van der Waals surface area contributed by atoms with Crippen LogP contribution in [0.5, 0.6) is 5.75 Å². The van der Waals surface area contributed by atoms with E-state index in [1.807, 2.05) is 48.3 Å². The normalized spacial score (nSPS) is 27.1. The van der Waals surface area contributed by atoms with Crippen molar-refractivity contribution >= 4 is 5.91 Å². The lowest BCUT2D eigenvalue weighted by atomic mass is 9.61. The van der Waals surface area contributed by atoms with Gasteiger partial charge in [0.25, 0.3) is 0 Å². The number of benzene rings is 2. The molecule has 1 aliphatic carbocycles. The Hall–Kier alpha value is -2.33. The smallest absolute Gasteiger partial charge is 0.227 e. The van der Waals surface area contributed by atoms with Gasteiger partial charge in [-0.1, -0.05) is 43.3 Å². The molecule has 0 spiro atoms. The van der Waals surface area contributed by atoms with Crippen molar-refractivity contribution in [1.82, 2.24) is 9.80 Å². The van der Waals surface area contributed by atoms with Crippen molar-refractivity contribution in [3.8, 4) is 5.75 Å². The number of carbonyl (C=O) groups excluding carboxylic acids is 1. The lowest BCUT2D eigenvalue weighted by Crippen LogP contribution is -2.67. The lowest BCUT2D eigenvalue weighted by Gasteiger charge is -2.57. The van der Waals surface area contributed by atoms with Crippen molar-refractivity contribution in [1.29, 1.82) is 0 Å². The molecule has 4 rings (SSSR count). The molecular weight excluding hydrogens is 336 g/mol. The Kier molecular flexibility index (Phi) is 4.47. The standard InChI is InChI=1S/C23H28N2O2/c1-23-11-12-24(2)20(14-17-9-10-18(26)15-19(17)23)22(23)25(3)21(27)13-16-7-5-4-6-8-16/h4-10,15,20,22,26H,11-14H2,1-3H3/t20-,22-,23+/m1/s1.